The highest BCUT2D eigenvalue weighted by molar-refractivity contribution is 7.07. The molecule has 14 heavy (non-hydrogen) atoms. The van der Waals surface area contributed by atoms with Crippen LogP contribution < -0.4 is 11.3 Å². The lowest BCUT2D eigenvalue weighted by atomic mass is 10.2. The molecular formula is C8H11N5S. The molecule has 0 amide bonds. The average Bonchev–Trinajstić information content (AvgIpc) is 2.79. The first-order valence-electron chi connectivity index (χ1n) is 4.15. The summed E-state index contributed by atoms with van der Waals surface area (Å²) in [4.78, 5) is 4.20. The van der Waals surface area contributed by atoms with Crippen LogP contribution in [0, 0.1) is 0 Å². The smallest absolute Gasteiger partial charge is 0.108 e. The van der Waals surface area contributed by atoms with Crippen molar-refractivity contribution in [2.45, 2.75) is 6.04 Å². The van der Waals surface area contributed by atoms with Crippen molar-refractivity contribution in [1.29, 1.82) is 0 Å². The number of hydrazine groups is 1. The maximum Gasteiger partial charge on any atom is 0.108 e. The van der Waals surface area contributed by atoms with E-state index in [-0.39, 0.29) is 6.04 Å². The Morgan fingerprint density at radius 2 is 2.43 bits per heavy atom. The van der Waals surface area contributed by atoms with Crippen LogP contribution in [0.2, 0.25) is 0 Å². The molecule has 6 heteroatoms. The van der Waals surface area contributed by atoms with Gasteiger partial charge in [-0.05, 0) is 6.07 Å². The third kappa shape index (κ3) is 1.67. The van der Waals surface area contributed by atoms with E-state index in [0.29, 0.717) is 0 Å². The zero-order valence-corrected chi connectivity index (χ0v) is 8.53. The summed E-state index contributed by atoms with van der Waals surface area (Å²) in [6, 6.07) is 1.80. The number of rotatable bonds is 3. The summed E-state index contributed by atoms with van der Waals surface area (Å²) in [5.74, 6) is 5.47. The van der Waals surface area contributed by atoms with Gasteiger partial charge in [-0.2, -0.15) is 5.10 Å². The highest BCUT2D eigenvalue weighted by Gasteiger charge is 2.16. The Morgan fingerprint density at radius 3 is 2.93 bits per heavy atom. The molecule has 0 radical (unpaired) electrons. The summed E-state index contributed by atoms with van der Waals surface area (Å²) >= 11 is 1.54. The van der Waals surface area contributed by atoms with Gasteiger partial charge in [0.05, 0.1) is 16.9 Å². The number of nitrogens with two attached hydrogens (primary N) is 1. The molecule has 2 aromatic heterocycles. The van der Waals surface area contributed by atoms with Gasteiger partial charge >= 0.3 is 0 Å². The summed E-state index contributed by atoms with van der Waals surface area (Å²) in [6.07, 6.45) is 1.88. The molecular weight excluding hydrogens is 198 g/mol. The van der Waals surface area contributed by atoms with Gasteiger partial charge < -0.3 is 0 Å². The predicted octanol–water partition coefficient (Wildman–Crippen LogP) is 0.429. The van der Waals surface area contributed by atoms with E-state index >= 15 is 0 Å². The zero-order valence-electron chi connectivity index (χ0n) is 7.71. The summed E-state index contributed by atoms with van der Waals surface area (Å²) < 4.78 is 1.74. The highest BCUT2D eigenvalue weighted by atomic mass is 32.1. The molecule has 0 saturated carbocycles. The van der Waals surface area contributed by atoms with Crippen LogP contribution in [0.3, 0.4) is 0 Å². The van der Waals surface area contributed by atoms with E-state index in [0.717, 1.165) is 11.4 Å². The van der Waals surface area contributed by atoms with Gasteiger partial charge in [-0.1, -0.05) is 0 Å². The van der Waals surface area contributed by atoms with E-state index in [4.69, 9.17) is 5.84 Å². The van der Waals surface area contributed by atoms with Crippen LogP contribution in [-0.2, 0) is 7.05 Å². The maximum atomic E-state index is 5.47. The molecule has 1 unspecified atom stereocenters. The molecule has 2 rings (SSSR count). The lowest BCUT2D eigenvalue weighted by molar-refractivity contribution is 0.593. The second kappa shape index (κ2) is 3.87. The average molecular weight is 209 g/mol. The van der Waals surface area contributed by atoms with Gasteiger partial charge in [-0.3, -0.25) is 10.5 Å². The molecule has 0 saturated heterocycles. The molecule has 74 valence electrons. The van der Waals surface area contributed by atoms with Crippen molar-refractivity contribution in [3.63, 3.8) is 0 Å². The lowest BCUT2D eigenvalue weighted by Crippen LogP contribution is -2.29. The van der Waals surface area contributed by atoms with Crippen LogP contribution in [0.25, 0.3) is 0 Å². The highest BCUT2D eigenvalue weighted by Crippen LogP contribution is 2.18. The van der Waals surface area contributed by atoms with E-state index in [2.05, 4.69) is 15.5 Å². The van der Waals surface area contributed by atoms with Gasteiger partial charge in [0.1, 0.15) is 6.04 Å². The maximum absolute atomic E-state index is 5.47. The predicted molar refractivity (Wildman–Crippen MR) is 54.5 cm³/mol. The van der Waals surface area contributed by atoms with Crippen LogP contribution in [-0.4, -0.2) is 14.8 Å². The third-order valence-corrected chi connectivity index (χ3v) is 2.55. The van der Waals surface area contributed by atoms with Crippen LogP contribution >= 0.6 is 11.3 Å². The van der Waals surface area contributed by atoms with Gasteiger partial charge in [-0.25, -0.2) is 10.4 Å². The molecule has 0 aliphatic heterocycles. The van der Waals surface area contributed by atoms with Crippen molar-refractivity contribution in [1.82, 2.24) is 20.2 Å². The monoisotopic (exact) mass is 209 g/mol. The third-order valence-electron chi connectivity index (χ3n) is 1.94. The fourth-order valence-electron chi connectivity index (χ4n) is 1.27. The summed E-state index contributed by atoms with van der Waals surface area (Å²) in [5, 5.41) is 6.23. The van der Waals surface area contributed by atoms with Crippen LogP contribution in [0.1, 0.15) is 17.4 Å². The molecule has 0 spiro atoms. The quantitative estimate of drug-likeness (QED) is 0.568. The Balaban J connectivity index is 2.31. The molecule has 0 aromatic carbocycles. The van der Waals surface area contributed by atoms with E-state index < -0.39 is 0 Å². The largest absolute Gasteiger partial charge is 0.275 e. The van der Waals surface area contributed by atoms with Gasteiger partial charge in [-0.15, -0.1) is 11.3 Å². The molecule has 3 N–H and O–H groups in total. The van der Waals surface area contributed by atoms with E-state index in [1.165, 1.54) is 0 Å². The number of hydrogen-bond donors (Lipinski definition) is 2. The van der Waals surface area contributed by atoms with Crippen molar-refractivity contribution < 1.29 is 0 Å². The van der Waals surface area contributed by atoms with Crippen molar-refractivity contribution in [2.75, 3.05) is 0 Å². The Hall–Kier alpha value is -1.24. The Morgan fingerprint density at radius 1 is 1.57 bits per heavy atom. The van der Waals surface area contributed by atoms with Gasteiger partial charge in [0.2, 0.25) is 0 Å². The number of aromatic nitrogens is 3. The second-order valence-corrected chi connectivity index (χ2v) is 3.65. The SMILES string of the molecule is Cn1ccc(C(NN)c2cscn2)n1. The molecule has 2 heterocycles. The topological polar surface area (TPSA) is 68.8 Å². The van der Waals surface area contributed by atoms with E-state index in [9.17, 15) is 0 Å². The molecule has 0 aliphatic rings. The molecule has 0 fully saturated rings. The van der Waals surface area contributed by atoms with E-state index in [1.54, 1.807) is 21.5 Å². The Labute approximate surface area is 85.5 Å². The summed E-state index contributed by atoms with van der Waals surface area (Å²) in [6.45, 7) is 0. The molecule has 5 nitrogen and oxygen atoms in total. The van der Waals surface area contributed by atoms with E-state index in [1.807, 2.05) is 24.7 Å². The number of nitrogens with zero attached hydrogens (tertiary/aromatic N) is 3. The lowest BCUT2D eigenvalue weighted by Gasteiger charge is -2.09. The van der Waals surface area contributed by atoms with Crippen LogP contribution in [0.15, 0.2) is 23.2 Å². The summed E-state index contributed by atoms with van der Waals surface area (Å²) in [7, 11) is 1.87. The Bertz CT molecular complexity index is 394. The first-order chi connectivity index (χ1) is 6.81. The zero-order chi connectivity index (χ0) is 9.97. The van der Waals surface area contributed by atoms with Gasteiger partial charge in [0, 0.05) is 18.6 Å². The normalized spacial score (nSPS) is 13.0. The minimum Gasteiger partial charge on any atom is -0.275 e. The number of aryl methyl sites for hydroxylation is 1. The standard InChI is InChI=1S/C8H11N5S/c1-13-3-2-6(12-13)8(11-9)7-4-14-5-10-7/h2-5,8,11H,9H2,1H3. The van der Waals surface area contributed by atoms with Crippen molar-refractivity contribution in [3.05, 3.63) is 34.5 Å². The molecule has 2 aromatic rings. The minimum atomic E-state index is -0.123. The van der Waals surface area contributed by atoms with Crippen LogP contribution in [0.5, 0.6) is 0 Å². The van der Waals surface area contributed by atoms with Gasteiger partial charge in [0.15, 0.2) is 0 Å². The first kappa shape index (κ1) is 9.32. The molecule has 0 bridgehead atoms. The molecule has 1 atom stereocenters. The fourth-order valence-corrected chi connectivity index (χ4v) is 1.85. The Kier molecular flexibility index (Phi) is 2.58. The van der Waals surface area contributed by atoms with Crippen molar-refractivity contribution in [2.24, 2.45) is 12.9 Å². The van der Waals surface area contributed by atoms with Crippen molar-refractivity contribution in [3.8, 4) is 0 Å². The second-order valence-electron chi connectivity index (χ2n) is 2.93. The number of thiazole rings is 1. The minimum absolute atomic E-state index is 0.123. The first-order valence-corrected chi connectivity index (χ1v) is 5.09. The van der Waals surface area contributed by atoms with Gasteiger partial charge in [0.25, 0.3) is 0 Å². The van der Waals surface area contributed by atoms with Crippen LogP contribution in [0.4, 0.5) is 0 Å². The number of nitrogens with one attached hydrogen (secondary N) is 1. The summed E-state index contributed by atoms with van der Waals surface area (Å²) in [5.41, 5.74) is 6.26. The fraction of sp³-hybridized carbons (Fsp3) is 0.250. The molecule has 0 aliphatic carbocycles. The number of hydrogen-bond acceptors (Lipinski definition) is 5. The van der Waals surface area contributed by atoms with Crippen molar-refractivity contribution >= 4 is 11.3 Å².